The van der Waals surface area contributed by atoms with E-state index >= 15 is 0 Å². The molecule has 0 spiro atoms. The average Bonchev–Trinajstić information content (AvgIpc) is 2.92. The fourth-order valence-electron chi connectivity index (χ4n) is 6.26. The van der Waals surface area contributed by atoms with Gasteiger partial charge in [0.15, 0.2) is 11.8 Å². The molecule has 0 saturated heterocycles. The molecule has 0 radical (unpaired) electrons. The van der Waals surface area contributed by atoms with Crippen molar-refractivity contribution >= 4 is 15.8 Å². The molecule has 2 unspecified atom stereocenters. The third-order valence-electron chi connectivity index (χ3n) is 8.05. The average molecular weight is 452 g/mol. The van der Waals surface area contributed by atoms with Crippen LogP contribution in [0.25, 0.3) is 0 Å². The predicted molar refractivity (Wildman–Crippen MR) is 128 cm³/mol. The van der Waals surface area contributed by atoms with Crippen LogP contribution in [-0.2, 0) is 10.1 Å². The van der Waals surface area contributed by atoms with Crippen molar-refractivity contribution < 1.29 is 17.5 Å². The summed E-state index contributed by atoms with van der Waals surface area (Å²) in [5.41, 5.74) is 1.43. The van der Waals surface area contributed by atoms with E-state index in [1.807, 2.05) is 0 Å². The summed E-state index contributed by atoms with van der Waals surface area (Å²) < 4.78 is 34.1. The van der Waals surface area contributed by atoms with Crippen LogP contribution >= 0.6 is 0 Å². The van der Waals surface area contributed by atoms with Gasteiger partial charge in [0.25, 0.3) is 10.1 Å². The quantitative estimate of drug-likeness (QED) is 0.334. The lowest BCUT2D eigenvalue weighted by Gasteiger charge is -2.31. The Morgan fingerprint density at radius 3 is 2.39 bits per heavy atom. The molecular formula is C25H43N2O3S+. The van der Waals surface area contributed by atoms with Crippen molar-refractivity contribution in [2.75, 3.05) is 26.4 Å². The van der Waals surface area contributed by atoms with Crippen LogP contribution in [0.5, 0.6) is 0 Å². The molecule has 31 heavy (non-hydrogen) atoms. The first kappa shape index (κ1) is 24.7. The van der Waals surface area contributed by atoms with Crippen LogP contribution in [0, 0.1) is 17.3 Å². The van der Waals surface area contributed by atoms with Gasteiger partial charge in [-0.15, -0.1) is 0 Å². The number of hydrogen-bond donors (Lipinski definition) is 1. The zero-order valence-electron chi connectivity index (χ0n) is 20.0. The molecule has 3 rings (SSSR count). The molecule has 1 heterocycles. The summed E-state index contributed by atoms with van der Waals surface area (Å²) >= 11 is 0. The van der Waals surface area contributed by atoms with Gasteiger partial charge in [-0.3, -0.25) is 4.55 Å². The van der Waals surface area contributed by atoms with Crippen molar-refractivity contribution in [2.45, 2.75) is 83.7 Å². The second-order valence-corrected chi connectivity index (χ2v) is 12.2. The van der Waals surface area contributed by atoms with E-state index in [4.69, 9.17) is 4.55 Å². The fraction of sp³-hybridized carbons (Fsp3) is 0.800. The third-order valence-corrected chi connectivity index (χ3v) is 8.85. The minimum atomic E-state index is -3.90. The second kappa shape index (κ2) is 10.3. The maximum atomic E-state index is 11.2. The van der Waals surface area contributed by atoms with E-state index in [9.17, 15) is 8.42 Å². The molecule has 5 nitrogen and oxygen atoms in total. The Kier molecular flexibility index (Phi) is 8.20. The third kappa shape index (κ3) is 6.29. The Bertz CT molecular complexity index is 803. The first-order valence-electron chi connectivity index (χ1n) is 12.2. The van der Waals surface area contributed by atoms with Gasteiger partial charge in [-0.25, -0.2) is 4.58 Å². The largest absolute Gasteiger partial charge is 0.306 e. The van der Waals surface area contributed by atoms with Gasteiger partial charge in [0.05, 0.1) is 11.2 Å². The van der Waals surface area contributed by atoms with Gasteiger partial charge in [-0.1, -0.05) is 24.6 Å². The number of hydrogen-bond acceptors (Lipinski definition) is 3. The summed E-state index contributed by atoms with van der Waals surface area (Å²) in [5, 5.41) is 0. The van der Waals surface area contributed by atoms with E-state index in [2.05, 4.69) is 61.7 Å². The van der Waals surface area contributed by atoms with Crippen LogP contribution in [-0.4, -0.2) is 66.6 Å². The summed E-state index contributed by atoms with van der Waals surface area (Å²) in [6.07, 6.45) is 19.6. The molecule has 2 atom stereocenters. The molecule has 1 N–H and O–H groups in total. The molecular weight excluding hydrogens is 408 g/mol. The molecule has 176 valence electrons. The lowest BCUT2D eigenvalue weighted by Crippen LogP contribution is -2.35. The minimum Gasteiger partial charge on any atom is -0.306 e. The Hall–Kier alpha value is -0.980. The lowest BCUT2D eigenvalue weighted by molar-refractivity contribution is -0.566. The van der Waals surface area contributed by atoms with Crippen LogP contribution in [0.4, 0.5) is 0 Å². The number of nitrogens with zero attached hydrogens (tertiary/aromatic N) is 2. The van der Waals surface area contributed by atoms with E-state index in [-0.39, 0.29) is 11.2 Å². The Balaban J connectivity index is 1.70. The molecule has 6 heteroatoms. The van der Waals surface area contributed by atoms with Crippen LogP contribution in [0.1, 0.15) is 71.6 Å². The molecule has 0 aromatic heterocycles. The summed E-state index contributed by atoms with van der Waals surface area (Å²) in [7, 11) is 0.466. The zero-order valence-corrected chi connectivity index (χ0v) is 20.8. The first-order valence-corrected chi connectivity index (χ1v) is 13.8. The smallest absolute Gasteiger partial charge is 0.265 e. The van der Waals surface area contributed by atoms with Crippen molar-refractivity contribution in [3.05, 3.63) is 24.3 Å². The zero-order chi connectivity index (χ0) is 22.6. The highest BCUT2D eigenvalue weighted by molar-refractivity contribution is 7.85. The molecule has 0 aromatic rings. The highest BCUT2D eigenvalue weighted by Crippen LogP contribution is 2.46. The van der Waals surface area contributed by atoms with Crippen molar-refractivity contribution in [3.8, 4) is 0 Å². The van der Waals surface area contributed by atoms with Crippen LogP contribution in [0.15, 0.2) is 24.3 Å². The van der Waals surface area contributed by atoms with Gasteiger partial charge in [-0.2, -0.15) is 8.42 Å². The van der Waals surface area contributed by atoms with Gasteiger partial charge in [-0.05, 0) is 72.4 Å². The molecule has 0 aromatic carbocycles. The van der Waals surface area contributed by atoms with Crippen molar-refractivity contribution in [1.82, 2.24) is 4.90 Å². The highest BCUT2D eigenvalue weighted by Gasteiger charge is 2.54. The first-order chi connectivity index (χ1) is 14.6. The van der Waals surface area contributed by atoms with Crippen LogP contribution in [0.3, 0.4) is 0 Å². The normalized spacial score (nSPS) is 31.8. The molecule has 3 aliphatic rings. The van der Waals surface area contributed by atoms with Gasteiger partial charge in [0, 0.05) is 30.9 Å². The minimum absolute atomic E-state index is 0.0945. The number of fused-ring (bicyclic) bond motifs is 1. The number of rotatable bonds is 8. The standard InChI is InChI=1S/C25H42N2O3S/c1-25(2)22-11-6-7-12-23(22)27(18-9-19-31(28,29)30)24(25)13-8-5-10-20-14-16-21(17-15-20)26(3)4/h5,8,10,13,20-23H,6-7,9,11-12,14-19H2,1-4H3/p+1. The SMILES string of the molecule is CN(C)C1CCC(C=CC=CC2=[N+](CCCS(=O)(=O)O)C3CCCCC3C2(C)C)CC1. The van der Waals surface area contributed by atoms with Crippen molar-refractivity contribution in [3.63, 3.8) is 0 Å². The van der Waals surface area contributed by atoms with Gasteiger partial charge in [0.2, 0.25) is 0 Å². The molecule has 1 aliphatic heterocycles. The number of allylic oxidation sites excluding steroid dienone is 4. The fourth-order valence-corrected chi connectivity index (χ4v) is 6.75. The van der Waals surface area contributed by atoms with E-state index < -0.39 is 10.1 Å². The van der Waals surface area contributed by atoms with E-state index in [1.165, 1.54) is 57.1 Å². The van der Waals surface area contributed by atoms with Crippen LogP contribution < -0.4 is 0 Å². The Morgan fingerprint density at radius 2 is 1.74 bits per heavy atom. The van der Waals surface area contributed by atoms with Crippen molar-refractivity contribution in [1.29, 1.82) is 0 Å². The molecule has 0 amide bonds. The summed E-state index contributed by atoms with van der Waals surface area (Å²) in [6, 6.07) is 1.23. The van der Waals surface area contributed by atoms with Crippen LogP contribution in [0.2, 0.25) is 0 Å². The predicted octanol–water partition coefficient (Wildman–Crippen LogP) is 4.55. The molecule has 2 fully saturated rings. The Labute approximate surface area is 190 Å². The van der Waals surface area contributed by atoms with Crippen molar-refractivity contribution in [2.24, 2.45) is 17.3 Å². The van der Waals surface area contributed by atoms with E-state index in [0.717, 1.165) is 6.04 Å². The Morgan fingerprint density at radius 1 is 1.06 bits per heavy atom. The van der Waals surface area contributed by atoms with Gasteiger partial charge in [0.1, 0.15) is 6.54 Å². The summed E-state index contributed by atoms with van der Waals surface area (Å²) in [4.78, 5) is 2.36. The summed E-state index contributed by atoms with van der Waals surface area (Å²) in [5.74, 6) is 1.14. The van der Waals surface area contributed by atoms with Gasteiger partial charge < -0.3 is 4.90 Å². The highest BCUT2D eigenvalue weighted by atomic mass is 32.2. The lowest BCUT2D eigenvalue weighted by atomic mass is 9.69. The molecule has 0 bridgehead atoms. The summed E-state index contributed by atoms with van der Waals surface area (Å²) in [6.45, 7) is 5.40. The monoisotopic (exact) mass is 451 g/mol. The molecule has 2 saturated carbocycles. The maximum absolute atomic E-state index is 11.2. The van der Waals surface area contributed by atoms with Gasteiger partial charge >= 0.3 is 0 Å². The van der Waals surface area contributed by atoms with E-state index in [0.29, 0.717) is 30.8 Å². The molecule has 2 aliphatic carbocycles. The van der Waals surface area contributed by atoms with E-state index in [1.54, 1.807) is 0 Å². The topological polar surface area (TPSA) is 60.6 Å². The maximum Gasteiger partial charge on any atom is 0.265 e. The second-order valence-electron chi connectivity index (χ2n) is 10.7.